The highest BCUT2D eigenvalue weighted by Crippen LogP contribution is 2.47. The van der Waals surface area contributed by atoms with Crippen molar-refractivity contribution in [2.45, 2.75) is 31.7 Å². The summed E-state index contributed by atoms with van der Waals surface area (Å²) in [6, 6.07) is 16.3. The van der Waals surface area contributed by atoms with Crippen molar-refractivity contribution in [2.24, 2.45) is 5.73 Å². The normalized spacial score (nSPS) is 18.4. The van der Waals surface area contributed by atoms with Crippen LogP contribution in [0.5, 0.6) is 5.75 Å². The van der Waals surface area contributed by atoms with Gasteiger partial charge in [-0.2, -0.15) is 0 Å². The van der Waals surface area contributed by atoms with Crippen LogP contribution in [0.25, 0.3) is 21.3 Å². The van der Waals surface area contributed by atoms with Crippen molar-refractivity contribution < 1.29 is 19.1 Å². The van der Waals surface area contributed by atoms with Crippen LogP contribution in [0.2, 0.25) is 0 Å². The number of hydrogen-bond donors (Lipinski definition) is 1. The summed E-state index contributed by atoms with van der Waals surface area (Å²) in [5, 5.41) is 1.02. The van der Waals surface area contributed by atoms with Crippen molar-refractivity contribution in [3.05, 3.63) is 81.9 Å². The van der Waals surface area contributed by atoms with Gasteiger partial charge in [-0.3, -0.25) is 19.5 Å². The van der Waals surface area contributed by atoms with Crippen LogP contribution >= 0.6 is 11.3 Å². The first-order valence-electron chi connectivity index (χ1n) is 13.1. The van der Waals surface area contributed by atoms with Gasteiger partial charge in [0, 0.05) is 28.1 Å². The molecule has 2 aromatic heterocycles. The molecule has 0 bridgehead atoms. The Morgan fingerprint density at radius 2 is 2.00 bits per heavy atom. The second kappa shape index (κ2) is 9.86. The molecule has 8 heteroatoms. The van der Waals surface area contributed by atoms with Crippen LogP contribution in [0.4, 0.5) is 0 Å². The number of likely N-dealkylation sites (N-methyl/N-ethyl adjacent to an activating group) is 1. The van der Waals surface area contributed by atoms with Crippen molar-refractivity contribution in [1.29, 1.82) is 0 Å². The van der Waals surface area contributed by atoms with Gasteiger partial charge < -0.3 is 15.2 Å². The summed E-state index contributed by atoms with van der Waals surface area (Å²) in [5.41, 5.74) is 10.5. The molecule has 39 heavy (non-hydrogen) atoms. The van der Waals surface area contributed by atoms with Crippen LogP contribution < -0.4 is 10.5 Å². The lowest BCUT2D eigenvalue weighted by Gasteiger charge is -2.44. The fraction of sp³-hybridized carbons (Fsp3) is 0.323. The van der Waals surface area contributed by atoms with Crippen molar-refractivity contribution >= 4 is 33.9 Å². The number of aromatic nitrogens is 1. The predicted molar refractivity (Wildman–Crippen MR) is 153 cm³/mol. The Morgan fingerprint density at radius 1 is 1.18 bits per heavy atom. The Morgan fingerprint density at radius 3 is 2.62 bits per heavy atom. The van der Waals surface area contributed by atoms with E-state index in [4.69, 9.17) is 15.2 Å². The van der Waals surface area contributed by atoms with Gasteiger partial charge in [0.1, 0.15) is 12.4 Å². The average Bonchev–Trinajstić information content (AvgIpc) is 3.39. The molecule has 2 saturated heterocycles. The van der Waals surface area contributed by atoms with Gasteiger partial charge in [-0.1, -0.05) is 6.07 Å². The van der Waals surface area contributed by atoms with Crippen molar-refractivity contribution in [2.75, 3.05) is 33.4 Å². The largest absolute Gasteiger partial charge is 0.492 e. The summed E-state index contributed by atoms with van der Waals surface area (Å²) in [5.74, 6) is 0.207. The maximum atomic E-state index is 12.6. The zero-order valence-corrected chi connectivity index (χ0v) is 23.1. The Bertz CT molecular complexity index is 1610. The van der Waals surface area contributed by atoms with Crippen LogP contribution in [-0.4, -0.2) is 61.0 Å². The highest BCUT2D eigenvalue weighted by molar-refractivity contribution is 7.17. The molecule has 1 amide bonds. The number of Topliss-reactive ketones (excluding diaryl/α,β-unsaturated/α-hetero) is 1. The molecular formula is C31H31N3O4S. The minimum Gasteiger partial charge on any atom is -0.492 e. The third-order valence-corrected chi connectivity index (χ3v) is 9.45. The van der Waals surface area contributed by atoms with E-state index in [-0.39, 0.29) is 5.78 Å². The summed E-state index contributed by atoms with van der Waals surface area (Å²) in [4.78, 5) is 33.2. The van der Waals surface area contributed by atoms with Gasteiger partial charge in [-0.25, -0.2) is 0 Å². The van der Waals surface area contributed by atoms with E-state index in [1.165, 1.54) is 11.3 Å². The number of nitrogens with two attached hydrogens (primary N) is 1. The molecular weight excluding hydrogens is 510 g/mol. The topological polar surface area (TPSA) is 94.8 Å². The fourth-order valence-corrected chi connectivity index (χ4v) is 6.55. The van der Waals surface area contributed by atoms with Crippen molar-refractivity contribution in [3.63, 3.8) is 0 Å². The first-order chi connectivity index (χ1) is 18.8. The number of carbonyl (C=O) groups excluding carboxylic acids is 2. The maximum Gasteiger partial charge on any atom is 0.249 e. The van der Waals surface area contributed by atoms with Crippen LogP contribution in [0.1, 0.15) is 50.1 Å². The molecule has 7 nitrogen and oxygen atoms in total. The smallest absolute Gasteiger partial charge is 0.249 e. The third kappa shape index (κ3) is 4.42. The number of ketones is 1. The molecule has 2 fully saturated rings. The Balaban J connectivity index is 1.51. The SMILES string of the molecule is CC(=O)c1ccc(-c2cc(C3(c4cc(OCC5CCN5C)cc(C(N)=O)c4C)COC3)c3cccnc3c2)s1. The standard InChI is InChI=1S/C31H31N3O4S/c1-18-24(30(32)36)13-22(38-15-21-8-10-34(21)3)14-25(18)31(16-37-17-31)26-11-20(12-27-23(26)5-4-9-33-27)29-7-6-28(39-29)19(2)35/h4-7,9,11-14,21H,8,10,15-17H2,1-3H3,(H2,32,36). The van der Waals surface area contributed by atoms with Crippen molar-refractivity contribution in [3.8, 4) is 16.2 Å². The zero-order chi connectivity index (χ0) is 27.3. The Hall–Kier alpha value is -3.59. The number of hydrogen-bond acceptors (Lipinski definition) is 7. The van der Waals surface area contributed by atoms with Crippen LogP contribution in [0.15, 0.2) is 54.7 Å². The van der Waals surface area contributed by atoms with Gasteiger partial charge >= 0.3 is 0 Å². The summed E-state index contributed by atoms with van der Waals surface area (Å²) < 4.78 is 12.1. The van der Waals surface area contributed by atoms with E-state index in [0.717, 1.165) is 55.9 Å². The molecule has 0 saturated carbocycles. The van der Waals surface area contributed by atoms with Gasteiger partial charge in [0.2, 0.25) is 5.91 Å². The molecule has 2 aromatic carbocycles. The second-order valence-corrected chi connectivity index (χ2v) is 11.7. The van der Waals surface area contributed by atoms with Crippen LogP contribution in [-0.2, 0) is 10.2 Å². The van der Waals surface area contributed by atoms with Crippen LogP contribution in [0, 0.1) is 6.92 Å². The summed E-state index contributed by atoms with van der Waals surface area (Å²) in [7, 11) is 2.09. The zero-order valence-electron chi connectivity index (χ0n) is 22.3. The number of benzene rings is 2. The molecule has 6 rings (SSSR count). The first kappa shape index (κ1) is 25.7. The lowest BCUT2D eigenvalue weighted by molar-refractivity contribution is -0.0376. The Labute approximate surface area is 231 Å². The van der Waals surface area contributed by atoms with Gasteiger partial charge in [0.15, 0.2) is 5.78 Å². The number of rotatable bonds is 8. The fourth-order valence-electron chi connectivity index (χ4n) is 5.66. The lowest BCUT2D eigenvalue weighted by atomic mass is 9.69. The number of ether oxygens (including phenoxy) is 2. The molecule has 2 aliphatic heterocycles. The van der Waals surface area contributed by atoms with E-state index >= 15 is 0 Å². The monoisotopic (exact) mass is 541 g/mol. The number of nitrogens with zero attached hydrogens (tertiary/aromatic N) is 2. The molecule has 200 valence electrons. The molecule has 4 aromatic rings. The highest BCUT2D eigenvalue weighted by atomic mass is 32.1. The van der Waals surface area contributed by atoms with Gasteiger partial charge in [-0.15, -0.1) is 11.3 Å². The second-order valence-electron chi connectivity index (χ2n) is 10.6. The number of primary amides is 1. The van der Waals surface area contributed by atoms with E-state index in [0.29, 0.717) is 37.2 Å². The first-order valence-corrected chi connectivity index (χ1v) is 13.9. The molecule has 1 unspecified atom stereocenters. The number of amides is 1. The van der Waals surface area contributed by atoms with Gasteiger partial charge in [-0.05, 0) is 98.6 Å². The molecule has 0 aliphatic carbocycles. The minimum atomic E-state index is -0.515. The van der Waals surface area contributed by atoms with Crippen molar-refractivity contribution in [1.82, 2.24) is 9.88 Å². The number of pyridine rings is 1. The number of likely N-dealkylation sites (tertiary alicyclic amines) is 1. The molecule has 4 heterocycles. The van der Waals surface area contributed by atoms with Gasteiger partial charge in [0.05, 0.1) is 29.0 Å². The lowest BCUT2D eigenvalue weighted by Crippen LogP contribution is -2.49. The number of thiophene rings is 1. The number of carbonyl (C=O) groups is 2. The van der Waals surface area contributed by atoms with E-state index < -0.39 is 11.3 Å². The summed E-state index contributed by atoms with van der Waals surface area (Å²) >= 11 is 1.48. The number of fused-ring (bicyclic) bond motifs is 1. The minimum absolute atomic E-state index is 0.0498. The predicted octanol–water partition coefficient (Wildman–Crippen LogP) is 4.97. The molecule has 1 atom stereocenters. The van der Waals surface area contributed by atoms with E-state index in [2.05, 4.69) is 41.2 Å². The Kier molecular flexibility index (Phi) is 6.49. The molecule has 2 N–H and O–H groups in total. The average molecular weight is 542 g/mol. The molecule has 0 spiro atoms. The van der Waals surface area contributed by atoms with Crippen LogP contribution in [0.3, 0.4) is 0 Å². The van der Waals surface area contributed by atoms with E-state index in [1.54, 1.807) is 19.2 Å². The summed E-state index contributed by atoms with van der Waals surface area (Å²) in [6.45, 7) is 6.06. The highest BCUT2D eigenvalue weighted by Gasteiger charge is 2.45. The van der Waals surface area contributed by atoms with Gasteiger partial charge in [0.25, 0.3) is 0 Å². The quantitative estimate of drug-likeness (QED) is 0.317. The maximum absolute atomic E-state index is 12.6. The molecule has 0 radical (unpaired) electrons. The molecule has 2 aliphatic rings. The third-order valence-electron chi connectivity index (χ3n) is 8.21. The van der Waals surface area contributed by atoms with E-state index in [9.17, 15) is 9.59 Å². The van der Waals surface area contributed by atoms with E-state index in [1.807, 2.05) is 25.1 Å². The summed E-state index contributed by atoms with van der Waals surface area (Å²) in [6.07, 6.45) is 2.88.